The zero-order valence-corrected chi connectivity index (χ0v) is 11.4. The van der Waals surface area contributed by atoms with Gasteiger partial charge in [-0.05, 0) is 31.0 Å². The Balaban J connectivity index is 2.57. The van der Waals surface area contributed by atoms with Crippen molar-refractivity contribution in [1.82, 2.24) is 0 Å². The third-order valence-electron chi connectivity index (χ3n) is 2.57. The Kier molecular flexibility index (Phi) is 6.52. The highest BCUT2D eigenvalue weighted by atomic mass is 16.5. The molecule has 6 heteroatoms. The van der Waals surface area contributed by atoms with Crippen molar-refractivity contribution in [1.29, 1.82) is 0 Å². The topological polar surface area (TPSA) is 98.8 Å². The van der Waals surface area contributed by atoms with E-state index in [4.69, 9.17) is 20.3 Å². The maximum Gasteiger partial charge on any atom is 0.305 e. The molecule has 0 aromatic heterocycles. The third-order valence-corrected chi connectivity index (χ3v) is 2.57. The number of rotatable bonds is 9. The second-order valence-corrected chi connectivity index (χ2v) is 4.28. The molecule has 1 amide bonds. The van der Waals surface area contributed by atoms with Crippen LogP contribution in [0.5, 0.6) is 5.75 Å². The lowest BCUT2D eigenvalue weighted by atomic mass is 10.1. The van der Waals surface area contributed by atoms with Gasteiger partial charge in [-0.2, -0.15) is 0 Å². The quantitative estimate of drug-likeness (QED) is 0.702. The second kappa shape index (κ2) is 8.16. The molecule has 0 aliphatic rings. The van der Waals surface area contributed by atoms with Gasteiger partial charge in [0.25, 0.3) is 5.91 Å². The van der Waals surface area contributed by atoms with E-state index in [2.05, 4.69) is 0 Å². The Morgan fingerprint density at radius 3 is 2.45 bits per heavy atom. The van der Waals surface area contributed by atoms with Crippen LogP contribution in [-0.2, 0) is 20.7 Å². The van der Waals surface area contributed by atoms with E-state index in [1.54, 1.807) is 12.1 Å². The van der Waals surface area contributed by atoms with Crippen LogP contribution < -0.4 is 10.5 Å². The molecule has 110 valence electrons. The molecule has 0 spiro atoms. The van der Waals surface area contributed by atoms with Crippen LogP contribution in [0.25, 0.3) is 0 Å². The Labute approximate surface area is 117 Å². The van der Waals surface area contributed by atoms with E-state index in [9.17, 15) is 9.59 Å². The third kappa shape index (κ3) is 6.19. The number of hydrogen-bond acceptors (Lipinski definition) is 4. The van der Waals surface area contributed by atoms with Gasteiger partial charge in [0, 0.05) is 6.61 Å². The number of carboxylic acid groups (broad SMARTS) is 1. The summed E-state index contributed by atoms with van der Waals surface area (Å²) in [7, 11) is 0. The summed E-state index contributed by atoms with van der Waals surface area (Å²) < 4.78 is 10.5. The number of carbonyl (C=O) groups is 2. The molecule has 0 saturated heterocycles. The summed E-state index contributed by atoms with van der Waals surface area (Å²) in [5, 5.41) is 8.81. The van der Waals surface area contributed by atoms with Gasteiger partial charge in [-0.1, -0.05) is 12.1 Å². The minimum atomic E-state index is -0.884. The number of carbonyl (C=O) groups excluding carboxylic acids is 1. The van der Waals surface area contributed by atoms with Gasteiger partial charge >= 0.3 is 5.97 Å². The maximum atomic E-state index is 10.7. The molecule has 0 aliphatic carbocycles. The number of hydrogen-bond donors (Lipinski definition) is 2. The highest BCUT2D eigenvalue weighted by molar-refractivity contribution is 5.75. The number of primary amides is 1. The number of carboxylic acids is 1. The van der Waals surface area contributed by atoms with Gasteiger partial charge in [0.2, 0.25) is 0 Å². The summed E-state index contributed by atoms with van der Waals surface area (Å²) in [5.74, 6) is -0.879. The zero-order valence-electron chi connectivity index (χ0n) is 11.4. The SMILES string of the molecule is CCO[C@H](CC(=O)O)Cc1ccc(OCC(N)=O)cc1. The molecule has 6 nitrogen and oxygen atoms in total. The van der Waals surface area contributed by atoms with E-state index < -0.39 is 11.9 Å². The summed E-state index contributed by atoms with van der Waals surface area (Å²) in [6.07, 6.45) is 0.124. The molecule has 0 unspecified atom stereocenters. The van der Waals surface area contributed by atoms with Gasteiger partial charge in [0.1, 0.15) is 5.75 Å². The van der Waals surface area contributed by atoms with Crippen LogP contribution in [0, 0.1) is 0 Å². The molecule has 1 aromatic carbocycles. The Bertz CT molecular complexity index is 443. The highest BCUT2D eigenvalue weighted by Gasteiger charge is 2.14. The smallest absolute Gasteiger partial charge is 0.305 e. The Hall–Kier alpha value is -2.08. The molecule has 0 heterocycles. The van der Waals surface area contributed by atoms with Crippen LogP contribution in [0.3, 0.4) is 0 Å². The van der Waals surface area contributed by atoms with Crippen molar-refractivity contribution in [3.63, 3.8) is 0 Å². The van der Waals surface area contributed by atoms with Crippen molar-refractivity contribution in [3.05, 3.63) is 29.8 Å². The van der Waals surface area contributed by atoms with E-state index in [0.717, 1.165) is 5.56 Å². The van der Waals surface area contributed by atoms with Gasteiger partial charge in [-0.15, -0.1) is 0 Å². The maximum absolute atomic E-state index is 10.7. The van der Waals surface area contributed by atoms with Gasteiger partial charge in [0.05, 0.1) is 12.5 Å². The van der Waals surface area contributed by atoms with Crippen molar-refractivity contribution in [2.45, 2.75) is 25.9 Å². The first-order valence-electron chi connectivity index (χ1n) is 6.34. The zero-order chi connectivity index (χ0) is 15.0. The molecule has 0 bridgehead atoms. The number of nitrogens with two attached hydrogens (primary N) is 1. The molecular weight excluding hydrogens is 262 g/mol. The van der Waals surface area contributed by atoms with Crippen LogP contribution in [0.1, 0.15) is 18.9 Å². The van der Waals surface area contributed by atoms with Crippen LogP contribution >= 0.6 is 0 Å². The summed E-state index contributed by atoms with van der Waals surface area (Å²) in [5.41, 5.74) is 5.92. The molecule has 0 saturated carbocycles. The fourth-order valence-corrected chi connectivity index (χ4v) is 1.76. The summed E-state index contributed by atoms with van der Waals surface area (Å²) in [4.78, 5) is 21.3. The normalized spacial score (nSPS) is 11.8. The molecule has 0 radical (unpaired) electrons. The van der Waals surface area contributed by atoms with Crippen LogP contribution in [-0.4, -0.2) is 36.3 Å². The fraction of sp³-hybridized carbons (Fsp3) is 0.429. The molecule has 1 atom stereocenters. The van der Waals surface area contributed by atoms with Gasteiger partial charge in [-0.3, -0.25) is 9.59 Å². The first kappa shape index (κ1) is 16.0. The minimum absolute atomic E-state index is 0.0340. The fourth-order valence-electron chi connectivity index (χ4n) is 1.76. The minimum Gasteiger partial charge on any atom is -0.484 e. The Morgan fingerprint density at radius 1 is 1.30 bits per heavy atom. The molecule has 20 heavy (non-hydrogen) atoms. The predicted molar refractivity (Wildman–Crippen MR) is 72.5 cm³/mol. The lowest BCUT2D eigenvalue weighted by Crippen LogP contribution is -2.20. The molecule has 0 fully saturated rings. The molecule has 3 N–H and O–H groups in total. The first-order valence-corrected chi connectivity index (χ1v) is 6.34. The summed E-state index contributed by atoms with van der Waals surface area (Å²) in [6, 6.07) is 7.04. The number of aliphatic carboxylic acids is 1. The second-order valence-electron chi connectivity index (χ2n) is 4.28. The molecule has 1 aromatic rings. The number of ether oxygens (including phenoxy) is 2. The first-order chi connectivity index (χ1) is 9.51. The van der Waals surface area contributed by atoms with Crippen molar-refractivity contribution < 1.29 is 24.2 Å². The highest BCUT2D eigenvalue weighted by Crippen LogP contribution is 2.15. The molecule has 1 rings (SSSR count). The number of amides is 1. The van der Waals surface area contributed by atoms with E-state index in [0.29, 0.717) is 18.8 Å². The lowest BCUT2D eigenvalue weighted by molar-refractivity contribution is -0.140. The van der Waals surface area contributed by atoms with Crippen molar-refractivity contribution in [3.8, 4) is 5.75 Å². The van der Waals surface area contributed by atoms with E-state index >= 15 is 0 Å². The monoisotopic (exact) mass is 281 g/mol. The molecule has 0 aliphatic heterocycles. The van der Waals surface area contributed by atoms with Crippen LogP contribution in [0.2, 0.25) is 0 Å². The van der Waals surface area contributed by atoms with Crippen molar-refractivity contribution in [2.75, 3.05) is 13.2 Å². The van der Waals surface area contributed by atoms with E-state index in [1.807, 2.05) is 19.1 Å². The van der Waals surface area contributed by atoms with Crippen molar-refractivity contribution >= 4 is 11.9 Å². The van der Waals surface area contributed by atoms with Crippen molar-refractivity contribution in [2.24, 2.45) is 5.73 Å². The van der Waals surface area contributed by atoms with Gasteiger partial charge < -0.3 is 20.3 Å². The summed E-state index contributed by atoms with van der Waals surface area (Å²) in [6.45, 7) is 2.13. The van der Waals surface area contributed by atoms with E-state index in [-0.39, 0.29) is 19.1 Å². The average molecular weight is 281 g/mol. The van der Waals surface area contributed by atoms with E-state index in [1.165, 1.54) is 0 Å². The standard InChI is InChI=1S/C14H19NO5/c1-2-19-12(8-14(17)18)7-10-3-5-11(6-4-10)20-9-13(15)16/h3-6,12H,2,7-9H2,1H3,(H2,15,16)(H,17,18)/t12-/m0/s1. The van der Waals surface area contributed by atoms with Gasteiger partial charge in [-0.25, -0.2) is 0 Å². The molecular formula is C14H19NO5. The Morgan fingerprint density at radius 2 is 1.95 bits per heavy atom. The number of benzene rings is 1. The van der Waals surface area contributed by atoms with Crippen LogP contribution in [0.15, 0.2) is 24.3 Å². The average Bonchev–Trinajstić information content (AvgIpc) is 2.37. The van der Waals surface area contributed by atoms with Crippen LogP contribution in [0.4, 0.5) is 0 Å². The lowest BCUT2D eigenvalue weighted by Gasteiger charge is -2.15. The largest absolute Gasteiger partial charge is 0.484 e. The predicted octanol–water partition coefficient (Wildman–Crippen LogP) is 0.973. The summed E-state index contributed by atoms with van der Waals surface area (Å²) >= 11 is 0. The van der Waals surface area contributed by atoms with Gasteiger partial charge in [0.15, 0.2) is 6.61 Å².